The number of rotatable bonds is 3. The number of aryl methyl sites for hydroxylation is 2. The smallest absolute Gasteiger partial charge is 0.352 e. The number of aromatic nitrogens is 1. The Kier molecular flexibility index (Phi) is 3.61. The molecule has 2 aromatic rings. The standard InChI is InChI=1S/C15H16N2O3/c1-8-5-4-6-11(7-8)17-14(18)12-9(2)13(15(19)20)16-10(12)3/h4-7,16H,1-3H3,(H,17,18)(H,19,20). The lowest BCUT2D eigenvalue weighted by atomic mass is 10.1. The molecule has 0 spiro atoms. The number of carbonyl (C=O) groups excluding carboxylic acids is 1. The van der Waals surface area contributed by atoms with Crippen LogP contribution in [0.5, 0.6) is 0 Å². The molecule has 1 heterocycles. The van der Waals surface area contributed by atoms with Crippen molar-refractivity contribution in [2.24, 2.45) is 0 Å². The SMILES string of the molecule is Cc1cccc(NC(=O)c2c(C)[nH]c(C(=O)O)c2C)c1. The molecule has 0 bridgehead atoms. The van der Waals surface area contributed by atoms with E-state index in [-0.39, 0.29) is 11.6 Å². The van der Waals surface area contributed by atoms with Crippen LogP contribution in [-0.4, -0.2) is 22.0 Å². The van der Waals surface area contributed by atoms with Crippen molar-refractivity contribution in [1.82, 2.24) is 4.98 Å². The van der Waals surface area contributed by atoms with E-state index in [4.69, 9.17) is 5.11 Å². The van der Waals surface area contributed by atoms with Gasteiger partial charge >= 0.3 is 5.97 Å². The Morgan fingerprint density at radius 1 is 1.20 bits per heavy atom. The van der Waals surface area contributed by atoms with Gasteiger partial charge in [-0.05, 0) is 44.0 Å². The topological polar surface area (TPSA) is 82.2 Å². The Bertz CT molecular complexity index is 686. The molecule has 0 aliphatic heterocycles. The van der Waals surface area contributed by atoms with Gasteiger partial charge in [-0.3, -0.25) is 4.79 Å². The maximum absolute atomic E-state index is 12.3. The van der Waals surface area contributed by atoms with Crippen LogP contribution in [0.3, 0.4) is 0 Å². The van der Waals surface area contributed by atoms with E-state index in [1.54, 1.807) is 19.9 Å². The van der Waals surface area contributed by atoms with Crippen LogP contribution in [0.1, 0.15) is 37.7 Å². The van der Waals surface area contributed by atoms with Gasteiger partial charge in [0.25, 0.3) is 5.91 Å². The molecule has 0 aliphatic rings. The third-order valence-corrected chi connectivity index (χ3v) is 3.15. The summed E-state index contributed by atoms with van der Waals surface area (Å²) in [6, 6.07) is 7.43. The van der Waals surface area contributed by atoms with E-state index in [0.29, 0.717) is 22.5 Å². The molecule has 20 heavy (non-hydrogen) atoms. The monoisotopic (exact) mass is 272 g/mol. The molecule has 0 atom stereocenters. The first-order chi connectivity index (χ1) is 9.40. The van der Waals surface area contributed by atoms with E-state index >= 15 is 0 Å². The number of anilines is 1. The van der Waals surface area contributed by atoms with Gasteiger partial charge in [0.2, 0.25) is 0 Å². The van der Waals surface area contributed by atoms with Crippen LogP contribution in [0.2, 0.25) is 0 Å². The van der Waals surface area contributed by atoms with Crippen molar-refractivity contribution in [1.29, 1.82) is 0 Å². The Hall–Kier alpha value is -2.56. The predicted molar refractivity (Wildman–Crippen MR) is 76.4 cm³/mol. The number of H-pyrrole nitrogens is 1. The van der Waals surface area contributed by atoms with Gasteiger partial charge in [-0.2, -0.15) is 0 Å². The van der Waals surface area contributed by atoms with Gasteiger partial charge in [0.05, 0.1) is 5.56 Å². The third-order valence-electron chi connectivity index (χ3n) is 3.15. The maximum Gasteiger partial charge on any atom is 0.352 e. The number of amides is 1. The van der Waals surface area contributed by atoms with E-state index in [1.165, 1.54) is 0 Å². The van der Waals surface area contributed by atoms with Crippen LogP contribution < -0.4 is 5.32 Å². The molecular weight excluding hydrogens is 256 g/mol. The second kappa shape index (κ2) is 5.21. The molecule has 2 rings (SSSR count). The number of carboxylic acid groups (broad SMARTS) is 1. The van der Waals surface area contributed by atoms with Gasteiger partial charge in [-0.1, -0.05) is 12.1 Å². The van der Waals surface area contributed by atoms with E-state index in [2.05, 4.69) is 10.3 Å². The fourth-order valence-corrected chi connectivity index (χ4v) is 2.22. The highest BCUT2D eigenvalue weighted by Gasteiger charge is 2.21. The quantitative estimate of drug-likeness (QED) is 0.803. The van der Waals surface area contributed by atoms with Crippen molar-refractivity contribution in [3.8, 4) is 0 Å². The highest BCUT2D eigenvalue weighted by atomic mass is 16.4. The van der Waals surface area contributed by atoms with Crippen molar-refractivity contribution in [3.63, 3.8) is 0 Å². The summed E-state index contributed by atoms with van der Waals surface area (Å²) in [7, 11) is 0. The number of nitrogens with one attached hydrogen (secondary N) is 2. The fourth-order valence-electron chi connectivity index (χ4n) is 2.22. The van der Waals surface area contributed by atoms with E-state index < -0.39 is 5.97 Å². The molecule has 3 N–H and O–H groups in total. The fraction of sp³-hybridized carbons (Fsp3) is 0.200. The number of carboxylic acids is 1. The van der Waals surface area contributed by atoms with Crippen LogP contribution >= 0.6 is 0 Å². The third kappa shape index (κ3) is 2.56. The molecule has 104 valence electrons. The van der Waals surface area contributed by atoms with Gasteiger partial charge < -0.3 is 15.4 Å². The molecule has 5 nitrogen and oxygen atoms in total. The zero-order chi connectivity index (χ0) is 14.9. The van der Waals surface area contributed by atoms with Crippen LogP contribution in [-0.2, 0) is 0 Å². The van der Waals surface area contributed by atoms with Crippen molar-refractivity contribution in [2.75, 3.05) is 5.32 Å². The lowest BCUT2D eigenvalue weighted by molar-refractivity contribution is 0.0690. The minimum atomic E-state index is -1.07. The second-order valence-electron chi connectivity index (χ2n) is 4.75. The highest BCUT2D eigenvalue weighted by molar-refractivity contribution is 6.08. The summed E-state index contributed by atoms with van der Waals surface area (Å²) in [5, 5.41) is 11.8. The summed E-state index contributed by atoms with van der Waals surface area (Å²) in [6.45, 7) is 5.24. The van der Waals surface area contributed by atoms with Crippen molar-refractivity contribution in [2.45, 2.75) is 20.8 Å². The van der Waals surface area contributed by atoms with E-state index in [0.717, 1.165) is 5.56 Å². The molecule has 1 aromatic carbocycles. The summed E-state index contributed by atoms with van der Waals surface area (Å²) in [4.78, 5) is 26.1. The largest absolute Gasteiger partial charge is 0.477 e. The first-order valence-electron chi connectivity index (χ1n) is 6.20. The first-order valence-corrected chi connectivity index (χ1v) is 6.20. The van der Waals surface area contributed by atoms with Crippen LogP contribution in [0.15, 0.2) is 24.3 Å². The number of carbonyl (C=O) groups is 2. The van der Waals surface area contributed by atoms with Gasteiger partial charge in [0, 0.05) is 11.4 Å². The zero-order valence-electron chi connectivity index (χ0n) is 11.6. The molecule has 5 heteroatoms. The van der Waals surface area contributed by atoms with Gasteiger partial charge in [-0.25, -0.2) is 4.79 Å². The average Bonchev–Trinajstić information content (AvgIpc) is 2.65. The summed E-state index contributed by atoms with van der Waals surface area (Å²) >= 11 is 0. The Balaban J connectivity index is 2.32. The Labute approximate surface area is 116 Å². The number of benzene rings is 1. The first kappa shape index (κ1) is 13.9. The second-order valence-corrected chi connectivity index (χ2v) is 4.75. The molecule has 0 radical (unpaired) electrons. The van der Waals surface area contributed by atoms with E-state index in [9.17, 15) is 9.59 Å². The maximum atomic E-state index is 12.3. The minimum absolute atomic E-state index is 0.0527. The molecule has 0 unspecified atom stereocenters. The number of aromatic carboxylic acids is 1. The number of hydrogen-bond acceptors (Lipinski definition) is 2. The predicted octanol–water partition coefficient (Wildman–Crippen LogP) is 2.89. The van der Waals surface area contributed by atoms with Crippen molar-refractivity contribution >= 4 is 17.6 Å². The summed E-state index contributed by atoms with van der Waals surface area (Å²) in [5.74, 6) is -1.38. The molecule has 0 saturated heterocycles. The van der Waals surface area contributed by atoms with E-state index in [1.807, 2.05) is 25.1 Å². The highest BCUT2D eigenvalue weighted by Crippen LogP contribution is 2.20. The van der Waals surface area contributed by atoms with Gasteiger partial charge in [0.15, 0.2) is 0 Å². The molecule has 0 saturated carbocycles. The number of hydrogen-bond donors (Lipinski definition) is 3. The van der Waals surface area contributed by atoms with Crippen LogP contribution in [0.25, 0.3) is 0 Å². The molecule has 1 amide bonds. The molecular formula is C15H16N2O3. The van der Waals surface area contributed by atoms with Gasteiger partial charge in [0.1, 0.15) is 5.69 Å². The normalized spacial score (nSPS) is 10.3. The summed E-state index contributed by atoms with van der Waals surface area (Å²) < 4.78 is 0. The number of aromatic amines is 1. The Morgan fingerprint density at radius 3 is 2.45 bits per heavy atom. The van der Waals surface area contributed by atoms with Crippen molar-refractivity contribution in [3.05, 3.63) is 52.3 Å². The van der Waals surface area contributed by atoms with Crippen LogP contribution in [0, 0.1) is 20.8 Å². The lowest BCUT2D eigenvalue weighted by Crippen LogP contribution is -2.14. The lowest BCUT2D eigenvalue weighted by Gasteiger charge is -2.06. The zero-order valence-corrected chi connectivity index (χ0v) is 11.6. The Morgan fingerprint density at radius 2 is 1.90 bits per heavy atom. The average molecular weight is 272 g/mol. The molecule has 1 aromatic heterocycles. The van der Waals surface area contributed by atoms with Crippen LogP contribution in [0.4, 0.5) is 5.69 Å². The minimum Gasteiger partial charge on any atom is -0.477 e. The van der Waals surface area contributed by atoms with Crippen molar-refractivity contribution < 1.29 is 14.7 Å². The molecule has 0 fully saturated rings. The summed E-state index contributed by atoms with van der Waals surface area (Å²) in [5.41, 5.74) is 3.15. The molecule has 0 aliphatic carbocycles. The summed E-state index contributed by atoms with van der Waals surface area (Å²) in [6.07, 6.45) is 0. The van der Waals surface area contributed by atoms with Gasteiger partial charge in [-0.15, -0.1) is 0 Å².